The fraction of sp³-hybridized carbons (Fsp3) is 0.125. The average Bonchev–Trinajstić information content (AvgIpc) is 3.02. The minimum absolute atomic E-state index is 0.482. The third kappa shape index (κ3) is 2.15. The van der Waals surface area contributed by atoms with Crippen LogP contribution < -0.4 is 5.32 Å². The standard InChI is InChI=1S/C16H13N3OS/c1-9-6-7-11-13(8-9)21-16(18-11)19-15-17-12-5-3-4-10(2)14(12)20-15/h3-8H,1-2H3,(H,17,18,19). The second kappa shape index (κ2) is 4.56. The van der Waals surface area contributed by atoms with Crippen LogP contribution >= 0.6 is 11.3 Å². The number of nitrogens with zero attached hydrogens (tertiary/aromatic N) is 2. The smallest absolute Gasteiger partial charge is 0.302 e. The van der Waals surface area contributed by atoms with Crippen molar-refractivity contribution in [3.63, 3.8) is 0 Å². The van der Waals surface area contributed by atoms with Crippen molar-refractivity contribution in [3.8, 4) is 0 Å². The molecule has 0 aliphatic rings. The summed E-state index contributed by atoms with van der Waals surface area (Å²) in [6, 6.07) is 12.6. The number of anilines is 2. The number of hydrogen-bond acceptors (Lipinski definition) is 5. The lowest BCUT2D eigenvalue weighted by atomic mass is 10.2. The van der Waals surface area contributed by atoms with E-state index < -0.39 is 0 Å². The van der Waals surface area contributed by atoms with Crippen LogP contribution in [-0.4, -0.2) is 9.97 Å². The number of nitrogens with one attached hydrogen (secondary N) is 1. The van der Waals surface area contributed by atoms with E-state index in [1.807, 2.05) is 31.2 Å². The van der Waals surface area contributed by atoms with Crippen molar-refractivity contribution >= 4 is 43.8 Å². The maximum Gasteiger partial charge on any atom is 0.302 e. The summed E-state index contributed by atoms with van der Waals surface area (Å²) < 4.78 is 6.92. The second-order valence-electron chi connectivity index (χ2n) is 5.06. The molecule has 4 rings (SSSR count). The first-order valence-corrected chi connectivity index (χ1v) is 7.51. The Morgan fingerprint density at radius 2 is 1.95 bits per heavy atom. The maximum absolute atomic E-state index is 5.77. The SMILES string of the molecule is Cc1ccc2nc(Nc3nc4cccc(C)c4o3)sc2c1. The second-order valence-corrected chi connectivity index (χ2v) is 6.09. The molecule has 0 saturated carbocycles. The molecule has 1 N–H and O–H groups in total. The van der Waals surface area contributed by atoms with E-state index >= 15 is 0 Å². The minimum atomic E-state index is 0.482. The highest BCUT2D eigenvalue weighted by atomic mass is 32.1. The van der Waals surface area contributed by atoms with Crippen molar-refractivity contribution in [2.75, 3.05) is 5.32 Å². The van der Waals surface area contributed by atoms with Crippen LogP contribution in [0.15, 0.2) is 40.8 Å². The third-order valence-corrected chi connectivity index (χ3v) is 4.30. The molecule has 0 unspecified atom stereocenters. The lowest BCUT2D eigenvalue weighted by molar-refractivity contribution is 0.620. The first-order chi connectivity index (χ1) is 10.2. The van der Waals surface area contributed by atoms with Gasteiger partial charge in [0.2, 0.25) is 0 Å². The summed E-state index contributed by atoms with van der Waals surface area (Å²) in [5, 5.41) is 3.95. The lowest BCUT2D eigenvalue weighted by Crippen LogP contribution is -1.88. The molecule has 0 bridgehead atoms. The lowest BCUT2D eigenvalue weighted by Gasteiger charge is -1.93. The van der Waals surface area contributed by atoms with Crippen LogP contribution in [0.1, 0.15) is 11.1 Å². The Labute approximate surface area is 125 Å². The van der Waals surface area contributed by atoms with E-state index in [2.05, 4.69) is 34.3 Å². The van der Waals surface area contributed by atoms with Crippen LogP contribution in [-0.2, 0) is 0 Å². The first-order valence-electron chi connectivity index (χ1n) is 6.69. The van der Waals surface area contributed by atoms with Gasteiger partial charge in [-0.15, -0.1) is 0 Å². The summed E-state index contributed by atoms with van der Waals surface area (Å²) >= 11 is 1.60. The van der Waals surface area contributed by atoms with Crippen LogP contribution in [0.2, 0.25) is 0 Å². The van der Waals surface area contributed by atoms with Crippen molar-refractivity contribution in [1.29, 1.82) is 0 Å². The molecular weight excluding hydrogens is 282 g/mol. The van der Waals surface area contributed by atoms with Gasteiger partial charge in [0.25, 0.3) is 0 Å². The molecule has 0 atom stereocenters. The van der Waals surface area contributed by atoms with Crippen molar-refractivity contribution in [1.82, 2.24) is 9.97 Å². The zero-order chi connectivity index (χ0) is 14.4. The van der Waals surface area contributed by atoms with Gasteiger partial charge < -0.3 is 4.42 Å². The van der Waals surface area contributed by atoms with Gasteiger partial charge in [0.05, 0.1) is 10.2 Å². The fourth-order valence-electron chi connectivity index (χ4n) is 2.32. The van der Waals surface area contributed by atoms with E-state index in [0.29, 0.717) is 6.01 Å². The quantitative estimate of drug-likeness (QED) is 0.577. The minimum Gasteiger partial charge on any atom is -0.423 e. The van der Waals surface area contributed by atoms with E-state index in [-0.39, 0.29) is 0 Å². The molecule has 2 aromatic carbocycles. The topological polar surface area (TPSA) is 51.0 Å². The number of aromatic nitrogens is 2. The zero-order valence-corrected chi connectivity index (χ0v) is 12.5. The van der Waals surface area contributed by atoms with Crippen LogP contribution in [0, 0.1) is 13.8 Å². The predicted octanol–water partition coefficient (Wildman–Crippen LogP) is 4.80. The number of fused-ring (bicyclic) bond motifs is 2. The summed E-state index contributed by atoms with van der Waals surface area (Å²) in [7, 11) is 0. The predicted molar refractivity (Wildman–Crippen MR) is 86.4 cm³/mol. The Hall–Kier alpha value is -2.40. The van der Waals surface area contributed by atoms with E-state index in [4.69, 9.17) is 4.42 Å². The van der Waals surface area contributed by atoms with Gasteiger partial charge in [-0.2, -0.15) is 4.98 Å². The van der Waals surface area contributed by atoms with Gasteiger partial charge in [-0.05, 0) is 43.2 Å². The van der Waals surface area contributed by atoms with Crippen molar-refractivity contribution in [2.45, 2.75) is 13.8 Å². The molecule has 104 valence electrons. The summed E-state index contributed by atoms with van der Waals surface area (Å²) in [6.07, 6.45) is 0. The Kier molecular flexibility index (Phi) is 2.68. The molecule has 5 heteroatoms. The van der Waals surface area contributed by atoms with Gasteiger partial charge in [0.1, 0.15) is 5.52 Å². The molecule has 4 aromatic rings. The molecule has 21 heavy (non-hydrogen) atoms. The normalized spacial score (nSPS) is 11.3. The Bertz CT molecular complexity index is 955. The van der Waals surface area contributed by atoms with Gasteiger partial charge in [0, 0.05) is 0 Å². The molecule has 2 heterocycles. The zero-order valence-electron chi connectivity index (χ0n) is 11.7. The molecule has 0 spiro atoms. The highest BCUT2D eigenvalue weighted by molar-refractivity contribution is 7.22. The van der Waals surface area contributed by atoms with Crippen LogP contribution in [0.4, 0.5) is 11.1 Å². The number of benzene rings is 2. The Morgan fingerprint density at radius 3 is 2.81 bits per heavy atom. The van der Waals surface area contributed by atoms with E-state index in [9.17, 15) is 0 Å². The molecule has 4 nitrogen and oxygen atoms in total. The molecular formula is C16H13N3OS. The first kappa shape index (κ1) is 12.3. The molecule has 0 saturated heterocycles. The number of hydrogen-bond donors (Lipinski definition) is 1. The molecule has 2 aromatic heterocycles. The number of para-hydroxylation sites is 1. The highest BCUT2D eigenvalue weighted by Gasteiger charge is 2.10. The number of aryl methyl sites for hydroxylation is 2. The molecule has 0 aliphatic heterocycles. The molecule has 0 radical (unpaired) electrons. The maximum atomic E-state index is 5.77. The van der Waals surface area contributed by atoms with E-state index in [0.717, 1.165) is 32.0 Å². The molecule has 0 fully saturated rings. The number of oxazole rings is 1. The van der Waals surface area contributed by atoms with E-state index in [1.54, 1.807) is 11.3 Å². The fourth-order valence-corrected chi connectivity index (χ4v) is 3.27. The van der Waals surface area contributed by atoms with Crippen molar-refractivity contribution in [3.05, 3.63) is 47.5 Å². The average molecular weight is 295 g/mol. The third-order valence-electron chi connectivity index (χ3n) is 3.37. The van der Waals surface area contributed by atoms with Gasteiger partial charge in [-0.3, -0.25) is 5.32 Å². The largest absolute Gasteiger partial charge is 0.423 e. The molecule has 0 aliphatic carbocycles. The van der Waals surface area contributed by atoms with Crippen LogP contribution in [0.25, 0.3) is 21.3 Å². The highest BCUT2D eigenvalue weighted by Crippen LogP contribution is 2.30. The number of thiazole rings is 1. The van der Waals surface area contributed by atoms with Gasteiger partial charge in [-0.25, -0.2) is 4.98 Å². The van der Waals surface area contributed by atoms with Gasteiger partial charge >= 0.3 is 6.01 Å². The Morgan fingerprint density at radius 1 is 1.05 bits per heavy atom. The van der Waals surface area contributed by atoms with Gasteiger partial charge in [0.15, 0.2) is 10.7 Å². The summed E-state index contributed by atoms with van der Waals surface area (Å²) in [4.78, 5) is 8.99. The summed E-state index contributed by atoms with van der Waals surface area (Å²) in [5.41, 5.74) is 4.97. The van der Waals surface area contributed by atoms with Crippen molar-refractivity contribution < 1.29 is 4.42 Å². The van der Waals surface area contributed by atoms with E-state index in [1.165, 1.54) is 5.56 Å². The number of rotatable bonds is 2. The summed E-state index contributed by atoms with van der Waals surface area (Å²) in [5.74, 6) is 0. The Balaban J connectivity index is 1.73. The van der Waals surface area contributed by atoms with Gasteiger partial charge in [-0.1, -0.05) is 29.5 Å². The van der Waals surface area contributed by atoms with Crippen LogP contribution in [0.5, 0.6) is 0 Å². The van der Waals surface area contributed by atoms with Crippen molar-refractivity contribution in [2.24, 2.45) is 0 Å². The molecule has 0 amide bonds. The summed E-state index contributed by atoms with van der Waals surface area (Å²) in [6.45, 7) is 4.09. The monoisotopic (exact) mass is 295 g/mol. The van der Waals surface area contributed by atoms with Crippen LogP contribution in [0.3, 0.4) is 0 Å².